The van der Waals surface area contributed by atoms with E-state index >= 15 is 0 Å². The average molecular weight is 422 g/mol. The van der Waals surface area contributed by atoms with Crippen molar-refractivity contribution in [1.29, 1.82) is 0 Å². The highest BCUT2D eigenvalue weighted by Crippen LogP contribution is 2.55. The molecule has 0 fully saturated rings. The number of anilines is 1. The first-order chi connectivity index (χ1) is 13.7. The van der Waals surface area contributed by atoms with Gasteiger partial charge in [-0.15, -0.1) is 23.1 Å². The summed E-state index contributed by atoms with van der Waals surface area (Å²) in [6.07, 6.45) is 2.95. The van der Waals surface area contributed by atoms with Gasteiger partial charge < -0.3 is 5.73 Å². The van der Waals surface area contributed by atoms with E-state index in [9.17, 15) is 0 Å². The molecule has 0 unspecified atom stereocenters. The Hall–Kier alpha value is -2.02. The molecule has 6 heteroatoms. The van der Waals surface area contributed by atoms with Crippen LogP contribution >= 0.6 is 34.9 Å². The summed E-state index contributed by atoms with van der Waals surface area (Å²) in [5.41, 5.74) is 10.4. The Morgan fingerprint density at radius 1 is 0.964 bits per heavy atom. The van der Waals surface area contributed by atoms with Gasteiger partial charge in [0.2, 0.25) is 0 Å². The monoisotopic (exact) mass is 421 g/mol. The van der Waals surface area contributed by atoms with Gasteiger partial charge in [-0.1, -0.05) is 72.4 Å². The number of nitrogen functional groups attached to an aromatic ring is 1. The van der Waals surface area contributed by atoms with Crippen LogP contribution in [0.2, 0.25) is 0 Å². The summed E-state index contributed by atoms with van der Waals surface area (Å²) in [4.78, 5) is 11.7. The normalized spacial score (nSPS) is 18.9. The number of thioether (sulfide) groups is 2. The number of rotatable bonds is 3. The minimum absolute atomic E-state index is 0.284. The van der Waals surface area contributed by atoms with E-state index in [0.717, 1.165) is 21.8 Å². The number of benzene rings is 2. The predicted molar refractivity (Wildman–Crippen MR) is 122 cm³/mol. The van der Waals surface area contributed by atoms with Crippen molar-refractivity contribution in [3.05, 3.63) is 82.2 Å². The third-order valence-electron chi connectivity index (χ3n) is 5.07. The lowest BCUT2D eigenvalue weighted by Crippen LogP contribution is -2.12. The SMILES string of the molecule is CSc1nc(N)c2c3c(sc2n1)[C@H](c1ccccc1)S[C@@H](c1ccccc1)C3. The summed E-state index contributed by atoms with van der Waals surface area (Å²) in [6.45, 7) is 0. The maximum absolute atomic E-state index is 6.40. The second-order valence-corrected chi connectivity index (χ2v) is 9.87. The molecule has 0 saturated heterocycles. The zero-order chi connectivity index (χ0) is 19.1. The van der Waals surface area contributed by atoms with E-state index in [1.807, 2.05) is 18.0 Å². The maximum Gasteiger partial charge on any atom is 0.190 e. The van der Waals surface area contributed by atoms with Crippen LogP contribution in [0.15, 0.2) is 65.8 Å². The fourth-order valence-corrected chi connectivity index (χ4v) is 7.22. The molecule has 2 aromatic carbocycles. The number of fused-ring (bicyclic) bond motifs is 3. The second-order valence-electron chi connectivity index (χ2n) is 6.75. The molecule has 3 heterocycles. The molecule has 0 radical (unpaired) electrons. The van der Waals surface area contributed by atoms with Gasteiger partial charge in [-0.2, -0.15) is 0 Å². The molecule has 3 nitrogen and oxygen atoms in total. The van der Waals surface area contributed by atoms with Gasteiger partial charge in [0.05, 0.1) is 10.6 Å². The number of thiophene rings is 1. The van der Waals surface area contributed by atoms with Crippen molar-refractivity contribution >= 4 is 50.9 Å². The Morgan fingerprint density at radius 3 is 2.32 bits per heavy atom. The molecule has 0 amide bonds. The fourth-order valence-electron chi connectivity index (χ4n) is 3.77. The highest BCUT2D eigenvalue weighted by atomic mass is 32.2. The van der Waals surface area contributed by atoms with Crippen molar-refractivity contribution in [3.8, 4) is 0 Å². The van der Waals surface area contributed by atoms with Gasteiger partial charge in [-0.05, 0) is 29.4 Å². The topological polar surface area (TPSA) is 51.8 Å². The summed E-state index contributed by atoms with van der Waals surface area (Å²) in [5, 5.41) is 2.47. The van der Waals surface area contributed by atoms with Crippen molar-refractivity contribution in [2.45, 2.75) is 22.1 Å². The lowest BCUT2D eigenvalue weighted by molar-refractivity contribution is 0.893. The molecule has 1 aliphatic heterocycles. The van der Waals surface area contributed by atoms with Crippen molar-refractivity contribution in [3.63, 3.8) is 0 Å². The van der Waals surface area contributed by atoms with E-state index in [2.05, 4.69) is 65.6 Å². The van der Waals surface area contributed by atoms with Gasteiger partial charge in [-0.25, -0.2) is 9.97 Å². The standard InChI is InChI=1S/C22H19N3S3/c1-26-22-24-20(23)17-15-12-16(13-8-4-2-5-9-13)27-18(14-10-6-3-7-11-14)19(15)28-21(17)25-22/h2-11,16,18H,12H2,1H3,(H2,23,24,25)/t16-,18+/m1/s1. The largest absolute Gasteiger partial charge is 0.383 e. The molecule has 2 N–H and O–H groups in total. The lowest BCUT2D eigenvalue weighted by atomic mass is 9.98. The molecule has 140 valence electrons. The minimum atomic E-state index is 0.284. The van der Waals surface area contributed by atoms with Gasteiger partial charge in [0.15, 0.2) is 5.16 Å². The molecule has 2 aromatic heterocycles. The van der Waals surface area contributed by atoms with E-state index in [1.54, 1.807) is 11.3 Å². The Bertz CT molecular complexity index is 1130. The summed E-state index contributed by atoms with van der Waals surface area (Å²) in [7, 11) is 0. The van der Waals surface area contributed by atoms with Crippen molar-refractivity contribution < 1.29 is 0 Å². The van der Waals surface area contributed by atoms with E-state index in [1.165, 1.54) is 33.3 Å². The van der Waals surface area contributed by atoms with Crippen LogP contribution in [0.25, 0.3) is 10.2 Å². The van der Waals surface area contributed by atoms with Crippen LogP contribution in [0.4, 0.5) is 5.82 Å². The van der Waals surface area contributed by atoms with Crippen LogP contribution < -0.4 is 5.73 Å². The zero-order valence-corrected chi connectivity index (χ0v) is 17.8. The van der Waals surface area contributed by atoms with Gasteiger partial charge in [-0.3, -0.25) is 0 Å². The van der Waals surface area contributed by atoms with Gasteiger partial charge in [0.25, 0.3) is 0 Å². The summed E-state index contributed by atoms with van der Waals surface area (Å²) < 4.78 is 0. The number of nitrogens with two attached hydrogens (primary N) is 1. The van der Waals surface area contributed by atoms with Crippen LogP contribution in [-0.4, -0.2) is 16.2 Å². The lowest BCUT2D eigenvalue weighted by Gasteiger charge is -2.30. The zero-order valence-electron chi connectivity index (χ0n) is 15.3. The number of nitrogens with zero attached hydrogens (tertiary/aromatic N) is 2. The van der Waals surface area contributed by atoms with Crippen molar-refractivity contribution in [1.82, 2.24) is 9.97 Å². The maximum atomic E-state index is 6.40. The second kappa shape index (κ2) is 7.43. The predicted octanol–water partition coefficient (Wildman–Crippen LogP) is 6.12. The molecular weight excluding hydrogens is 402 g/mol. The number of hydrogen-bond acceptors (Lipinski definition) is 6. The highest BCUT2D eigenvalue weighted by Gasteiger charge is 2.34. The third-order valence-corrected chi connectivity index (χ3v) is 8.51. The quantitative estimate of drug-likeness (QED) is 0.319. The van der Waals surface area contributed by atoms with E-state index in [0.29, 0.717) is 11.1 Å². The first-order valence-electron chi connectivity index (χ1n) is 9.12. The first-order valence-corrected chi connectivity index (χ1v) is 12.1. The molecule has 4 aromatic rings. The molecule has 5 rings (SSSR count). The van der Waals surface area contributed by atoms with Gasteiger partial charge >= 0.3 is 0 Å². The Kier molecular flexibility index (Phi) is 4.78. The van der Waals surface area contributed by atoms with E-state index in [4.69, 9.17) is 10.7 Å². The van der Waals surface area contributed by atoms with Crippen LogP contribution in [0, 0.1) is 0 Å². The molecule has 1 aliphatic rings. The van der Waals surface area contributed by atoms with E-state index < -0.39 is 0 Å². The molecule has 0 bridgehead atoms. The summed E-state index contributed by atoms with van der Waals surface area (Å²) in [6, 6.07) is 21.5. The highest BCUT2D eigenvalue weighted by molar-refractivity contribution is 8.00. The van der Waals surface area contributed by atoms with Crippen molar-refractivity contribution in [2.24, 2.45) is 0 Å². The van der Waals surface area contributed by atoms with Crippen LogP contribution in [0.1, 0.15) is 32.1 Å². The summed E-state index contributed by atoms with van der Waals surface area (Å²) in [5.74, 6) is 0.609. The molecule has 2 atom stereocenters. The molecule has 0 spiro atoms. The van der Waals surface area contributed by atoms with E-state index in [-0.39, 0.29) is 5.25 Å². The fraction of sp³-hybridized carbons (Fsp3) is 0.182. The third kappa shape index (κ3) is 3.09. The molecule has 0 saturated carbocycles. The Labute approximate surface area is 176 Å². The Morgan fingerprint density at radius 2 is 1.64 bits per heavy atom. The van der Waals surface area contributed by atoms with Gasteiger partial charge in [0, 0.05) is 10.1 Å². The number of aromatic nitrogens is 2. The molecule has 0 aliphatic carbocycles. The smallest absolute Gasteiger partial charge is 0.190 e. The summed E-state index contributed by atoms with van der Waals surface area (Å²) >= 11 is 5.34. The van der Waals surface area contributed by atoms with Crippen LogP contribution in [0.5, 0.6) is 0 Å². The van der Waals surface area contributed by atoms with Crippen molar-refractivity contribution in [2.75, 3.05) is 12.0 Å². The van der Waals surface area contributed by atoms with Gasteiger partial charge in [0.1, 0.15) is 10.6 Å². The van der Waals surface area contributed by atoms with Crippen LogP contribution in [-0.2, 0) is 6.42 Å². The van der Waals surface area contributed by atoms with Crippen LogP contribution in [0.3, 0.4) is 0 Å². The Balaban J connectivity index is 1.71. The number of hydrogen-bond donors (Lipinski definition) is 1. The molecular formula is C22H19N3S3. The first kappa shape index (κ1) is 18.0. The molecule has 28 heavy (non-hydrogen) atoms. The minimum Gasteiger partial charge on any atom is -0.383 e. The average Bonchev–Trinajstić information content (AvgIpc) is 3.13.